The fourth-order valence-electron chi connectivity index (χ4n) is 3.05. The summed E-state index contributed by atoms with van der Waals surface area (Å²) in [5.74, 6) is 0.328. The highest BCUT2D eigenvalue weighted by molar-refractivity contribution is 5.32. The minimum Gasteiger partial charge on any atom is -0.298 e. The van der Waals surface area contributed by atoms with Gasteiger partial charge in [0.15, 0.2) is 0 Å². The van der Waals surface area contributed by atoms with E-state index in [4.69, 9.17) is 4.84 Å². The summed E-state index contributed by atoms with van der Waals surface area (Å²) in [7, 11) is 0. The van der Waals surface area contributed by atoms with Gasteiger partial charge >= 0.3 is 0 Å². The van der Waals surface area contributed by atoms with Gasteiger partial charge in [0.05, 0.1) is 6.10 Å². The van der Waals surface area contributed by atoms with Crippen molar-refractivity contribution in [1.29, 1.82) is 0 Å². The van der Waals surface area contributed by atoms with Crippen LogP contribution in [0.5, 0.6) is 0 Å². The van der Waals surface area contributed by atoms with Gasteiger partial charge in [0.25, 0.3) is 0 Å². The molecule has 0 saturated heterocycles. The van der Waals surface area contributed by atoms with E-state index in [9.17, 15) is 0 Å². The first kappa shape index (κ1) is 14.3. The van der Waals surface area contributed by atoms with Crippen LogP contribution in [0.4, 0.5) is 0 Å². The van der Waals surface area contributed by atoms with Crippen molar-refractivity contribution in [2.75, 3.05) is 6.54 Å². The van der Waals surface area contributed by atoms with Gasteiger partial charge in [-0.05, 0) is 24.0 Å². The number of nitrogens with one attached hydrogen (secondary N) is 1. The van der Waals surface area contributed by atoms with Crippen LogP contribution in [-0.2, 0) is 4.84 Å². The molecule has 21 heavy (non-hydrogen) atoms. The third kappa shape index (κ3) is 3.93. The monoisotopic (exact) mass is 281 g/mol. The SMILES string of the molecule is c1ccc(C(CNOC2CCCC2)c2ccccc2)cc1. The van der Waals surface area contributed by atoms with E-state index in [-0.39, 0.29) is 0 Å². The molecule has 0 aromatic heterocycles. The Morgan fingerprint density at radius 1 is 0.857 bits per heavy atom. The maximum Gasteiger partial charge on any atom is 0.0790 e. The Balaban J connectivity index is 1.67. The first-order chi connectivity index (χ1) is 10.4. The molecule has 0 bridgehead atoms. The van der Waals surface area contributed by atoms with Gasteiger partial charge in [-0.1, -0.05) is 73.5 Å². The smallest absolute Gasteiger partial charge is 0.0790 e. The summed E-state index contributed by atoms with van der Waals surface area (Å²) in [5, 5.41) is 0. The average molecular weight is 281 g/mol. The topological polar surface area (TPSA) is 21.3 Å². The van der Waals surface area contributed by atoms with Gasteiger partial charge in [0, 0.05) is 12.5 Å². The summed E-state index contributed by atoms with van der Waals surface area (Å²) >= 11 is 0. The zero-order chi connectivity index (χ0) is 14.3. The van der Waals surface area contributed by atoms with Crippen molar-refractivity contribution in [2.24, 2.45) is 0 Å². The van der Waals surface area contributed by atoms with Crippen molar-refractivity contribution in [3.63, 3.8) is 0 Å². The van der Waals surface area contributed by atoms with E-state index >= 15 is 0 Å². The molecule has 1 aliphatic carbocycles. The van der Waals surface area contributed by atoms with Gasteiger partial charge in [-0.3, -0.25) is 4.84 Å². The molecule has 1 saturated carbocycles. The van der Waals surface area contributed by atoms with Gasteiger partial charge in [-0.25, -0.2) is 5.48 Å². The summed E-state index contributed by atoms with van der Waals surface area (Å²) in [4.78, 5) is 5.83. The van der Waals surface area contributed by atoms with Crippen LogP contribution in [-0.4, -0.2) is 12.6 Å². The van der Waals surface area contributed by atoms with Crippen LogP contribution in [0.2, 0.25) is 0 Å². The highest BCUT2D eigenvalue weighted by Crippen LogP contribution is 2.24. The largest absolute Gasteiger partial charge is 0.298 e. The molecule has 0 aliphatic heterocycles. The lowest BCUT2D eigenvalue weighted by atomic mass is 9.91. The average Bonchev–Trinajstić information content (AvgIpc) is 3.07. The molecule has 2 aromatic rings. The van der Waals surface area contributed by atoms with Crippen LogP contribution in [0.3, 0.4) is 0 Å². The van der Waals surface area contributed by atoms with E-state index < -0.39 is 0 Å². The lowest BCUT2D eigenvalue weighted by Crippen LogP contribution is -2.27. The minimum absolute atomic E-state index is 0.328. The van der Waals surface area contributed by atoms with Gasteiger partial charge in [-0.15, -0.1) is 0 Å². The number of benzene rings is 2. The molecule has 2 nitrogen and oxygen atoms in total. The lowest BCUT2D eigenvalue weighted by molar-refractivity contribution is -0.0216. The van der Waals surface area contributed by atoms with E-state index in [1.807, 2.05) is 0 Å². The first-order valence-corrected chi connectivity index (χ1v) is 7.92. The predicted octanol–water partition coefficient (Wildman–Crippen LogP) is 4.28. The van der Waals surface area contributed by atoms with Crippen LogP contribution in [0.25, 0.3) is 0 Å². The molecule has 2 aromatic carbocycles. The maximum atomic E-state index is 5.83. The highest BCUT2D eigenvalue weighted by atomic mass is 16.7. The van der Waals surface area contributed by atoms with Crippen molar-refractivity contribution in [3.05, 3.63) is 71.8 Å². The van der Waals surface area contributed by atoms with Crippen molar-refractivity contribution >= 4 is 0 Å². The highest BCUT2D eigenvalue weighted by Gasteiger charge is 2.18. The maximum absolute atomic E-state index is 5.83. The fraction of sp³-hybridized carbons (Fsp3) is 0.368. The molecule has 0 unspecified atom stereocenters. The normalized spacial score (nSPS) is 15.7. The van der Waals surface area contributed by atoms with Crippen LogP contribution in [0.1, 0.15) is 42.7 Å². The van der Waals surface area contributed by atoms with Crippen LogP contribution in [0, 0.1) is 0 Å². The van der Waals surface area contributed by atoms with E-state index in [1.165, 1.54) is 36.8 Å². The van der Waals surface area contributed by atoms with Crippen molar-refractivity contribution in [2.45, 2.75) is 37.7 Å². The standard InChI is InChI=1S/C19H23NO/c1-3-9-16(10-4-1)19(17-11-5-2-6-12-17)15-20-21-18-13-7-8-14-18/h1-6,9-12,18-20H,7-8,13-15H2. The number of hydrogen-bond acceptors (Lipinski definition) is 2. The third-order valence-corrected chi connectivity index (χ3v) is 4.24. The van der Waals surface area contributed by atoms with Gasteiger partial charge < -0.3 is 0 Å². The summed E-state index contributed by atoms with van der Waals surface area (Å²) in [5.41, 5.74) is 5.87. The number of rotatable bonds is 6. The van der Waals surface area contributed by atoms with Gasteiger partial charge in [-0.2, -0.15) is 0 Å². The van der Waals surface area contributed by atoms with Crippen LogP contribution >= 0.6 is 0 Å². The van der Waals surface area contributed by atoms with Crippen molar-refractivity contribution in [3.8, 4) is 0 Å². The van der Waals surface area contributed by atoms with Crippen molar-refractivity contribution in [1.82, 2.24) is 5.48 Å². The molecule has 3 rings (SSSR count). The summed E-state index contributed by atoms with van der Waals surface area (Å²) in [6.07, 6.45) is 5.38. The molecule has 0 spiro atoms. The van der Waals surface area contributed by atoms with E-state index in [0.29, 0.717) is 12.0 Å². The lowest BCUT2D eigenvalue weighted by Gasteiger charge is -2.20. The fourth-order valence-corrected chi connectivity index (χ4v) is 3.05. The second-order valence-electron chi connectivity index (χ2n) is 5.75. The molecule has 1 fully saturated rings. The first-order valence-electron chi connectivity index (χ1n) is 7.92. The Labute approximate surface area is 127 Å². The molecule has 0 heterocycles. The Kier molecular flexibility index (Phi) is 5.03. The van der Waals surface area contributed by atoms with Crippen LogP contribution in [0.15, 0.2) is 60.7 Å². The molecule has 1 N–H and O–H groups in total. The Morgan fingerprint density at radius 2 is 1.38 bits per heavy atom. The zero-order valence-corrected chi connectivity index (χ0v) is 12.4. The van der Waals surface area contributed by atoms with Gasteiger partial charge in [0.2, 0.25) is 0 Å². The Hall–Kier alpha value is -1.64. The van der Waals surface area contributed by atoms with E-state index in [1.54, 1.807) is 0 Å². The second kappa shape index (κ2) is 7.39. The molecule has 0 atom stereocenters. The quantitative estimate of drug-likeness (QED) is 0.798. The molecule has 0 amide bonds. The van der Waals surface area contributed by atoms with E-state index in [2.05, 4.69) is 66.1 Å². The summed E-state index contributed by atoms with van der Waals surface area (Å²) in [6, 6.07) is 21.3. The predicted molar refractivity (Wildman–Crippen MR) is 86.1 cm³/mol. The number of hydrogen-bond donors (Lipinski definition) is 1. The molecule has 0 radical (unpaired) electrons. The van der Waals surface area contributed by atoms with Gasteiger partial charge in [0.1, 0.15) is 0 Å². The Morgan fingerprint density at radius 3 is 1.90 bits per heavy atom. The van der Waals surface area contributed by atoms with E-state index in [0.717, 1.165) is 6.54 Å². The second-order valence-corrected chi connectivity index (χ2v) is 5.75. The molecule has 110 valence electrons. The summed E-state index contributed by atoms with van der Waals surface area (Å²) < 4.78 is 0. The molecule has 1 aliphatic rings. The van der Waals surface area contributed by atoms with Crippen LogP contribution < -0.4 is 5.48 Å². The zero-order valence-electron chi connectivity index (χ0n) is 12.4. The summed E-state index contributed by atoms with van der Waals surface area (Å²) in [6.45, 7) is 0.810. The molecule has 2 heteroatoms. The van der Waals surface area contributed by atoms with Crippen molar-refractivity contribution < 1.29 is 4.84 Å². The minimum atomic E-state index is 0.328. The third-order valence-electron chi connectivity index (χ3n) is 4.24. The Bertz CT molecular complexity index is 480. The molecular weight excluding hydrogens is 258 g/mol. The molecular formula is C19H23NO. The number of hydroxylamine groups is 1.